The van der Waals surface area contributed by atoms with Crippen molar-refractivity contribution in [2.75, 3.05) is 18.8 Å². The highest BCUT2D eigenvalue weighted by Gasteiger charge is 2.27. The van der Waals surface area contributed by atoms with Crippen molar-refractivity contribution in [1.29, 1.82) is 0 Å². The van der Waals surface area contributed by atoms with Crippen LogP contribution in [-0.2, 0) is 0 Å². The number of nitrogens with one attached hydrogen (secondary N) is 1. The van der Waals surface area contributed by atoms with Gasteiger partial charge in [-0.2, -0.15) is 0 Å². The number of rotatable bonds is 6. The molecule has 3 N–H and O–H groups in total. The number of amides is 1. The van der Waals surface area contributed by atoms with E-state index in [1.807, 2.05) is 6.92 Å². The van der Waals surface area contributed by atoms with Crippen LogP contribution < -0.4 is 11.1 Å². The lowest BCUT2D eigenvalue weighted by atomic mass is 10.2. The number of halogens is 3. The Hall–Kier alpha value is -0.850. The van der Waals surface area contributed by atoms with E-state index in [0.29, 0.717) is 15.5 Å². The number of alkyl halides is 2. The second-order valence-electron chi connectivity index (χ2n) is 3.82. The lowest BCUT2D eigenvalue weighted by Crippen LogP contribution is -2.41. The molecule has 0 saturated carbocycles. The first-order valence-corrected chi connectivity index (χ1v) is 7.04. The molecule has 1 aromatic rings. The van der Waals surface area contributed by atoms with Crippen LogP contribution in [0.15, 0.2) is 23.1 Å². The normalized spacial score (nSPS) is 11.4. The quantitative estimate of drug-likeness (QED) is 0.795. The van der Waals surface area contributed by atoms with Crippen molar-refractivity contribution in [2.45, 2.75) is 17.7 Å². The maximum absolute atomic E-state index is 13.0. The standard InChI is InChI=1S/C12H15ClF2N2OS/c1-2-19-10-4-3-8(13)5-9(10)11(18)17-7-12(14,15)6-16/h3-5H,2,6-7,16H2,1H3,(H,17,18). The summed E-state index contributed by atoms with van der Waals surface area (Å²) in [5.74, 6) is -2.92. The first kappa shape index (κ1) is 16.2. The summed E-state index contributed by atoms with van der Waals surface area (Å²) in [6.07, 6.45) is 0. The fraction of sp³-hybridized carbons (Fsp3) is 0.417. The summed E-state index contributed by atoms with van der Waals surface area (Å²) < 4.78 is 26.0. The number of carbonyl (C=O) groups excluding carboxylic acids is 1. The number of hydrogen-bond donors (Lipinski definition) is 2. The number of carbonyl (C=O) groups is 1. The molecule has 0 heterocycles. The van der Waals surface area contributed by atoms with E-state index in [0.717, 1.165) is 5.75 Å². The van der Waals surface area contributed by atoms with E-state index in [9.17, 15) is 13.6 Å². The van der Waals surface area contributed by atoms with E-state index in [4.69, 9.17) is 17.3 Å². The van der Waals surface area contributed by atoms with E-state index in [2.05, 4.69) is 5.32 Å². The van der Waals surface area contributed by atoms with Gasteiger partial charge in [-0.05, 0) is 24.0 Å². The van der Waals surface area contributed by atoms with Gasteiger partial charge >= 0.3 is 0 Å². The van der Waals surface area contributed by atoms with E-state index in [1.54, 1.807) is 12.1 Å². The van der Waals surface area contributed by atoms with E-state index < -0.39 is 24.9 Å². The summed E-state index contributed by atoms with van der Waals surface area (Å²) >= 11 is 7.27. The molecule has 0 aliphatic heterocycles. The Morgan fingerprint density at radius 1 is 1.53 bits per heavy atom. The molecule has 1 amide bonds. The summed E-state index contributed by atoms with van der Waals surface area (Å²) in [7, 11) is 0. The molecule has 1 aromatic carbocycles. The molecule has 0 saturated heterocycles. The molecule has 0 radical (unpaired) electrons. The molecule has 0 unspecified atom stereocenters. The van der Waals surface area contributed by atoms with Gasteiger partial charge in [0.1, 0.15) is 0 Å². The Morgan fingerprint density at radius 2 is 2.21 bits per heavy atom. The van der Waals surface area contributed by atoms with Crippen molar-refractivity contribution < 1.29 is 13.6 Å². The van der Waals surface area contributed by atoms with Crippen molar-refractivity contribution in [3.8, 4) is 0 Å². The zero-order chi connectivity index (χ0) is 14.5. The molecule has 0 fully saturated rings. The summed E-state index contributed by atoms with van der Waals surface area (Å²) in [6, 6.07) is 4.83. The van der Waals surface area contributed by atoms with Crippen LogP contribution >= 0.6 is 23.4 Å². The summed E-state index contributed by atoms with van der Waals surface area (Å²) in [5.41, 5.74) is 5.20. The van der Waals surface area contributed by atoms with Crippen LogP contribution in [0, 0.1) is 0 Å². The largest absolute Gasteiger partial charge is 0.346 e. The van der Waals surface area contributed by atoms with Crippen LogP contribution in [0.3, 0.4) is 0 Å². The molecular weight excluding hydrogens is 294 g/mol. The Kier molecular flexibility index (Phi) is 6.03. The van der Waals surface area contributed by atoms with Crippen LogP contribution in [0.2, 0.25) is 5.02 Å². The molecular formula is C12H15ClF2N2OS. The van der Waals surface area contributed by atoms with Gasteiger partial charge in [-0.15, -0.1) is 11.8 Å². The number of thioether (sulfide) groups is 1. The van der Waals surface area contributed by atoms with Crippen LogP contribution in [0.5, 0.6) is 0 Å². The number of hydrogen-bond acceptors (Lipinski definition) is 3. The topological polar surface area (TPSA) is 55.1 Å². The smallest absolute Gasteiger partial charge is 0.277 e. The van der Waals surface area contributed by atoms with Crippen molar-refractivity contribution in [3.63, 3.8) is 0 Å². The highest BCUT2D eigenvalue weighted by Crippen LogP contribution is 2.25. The highest BCUT2D eigenvalue weighted by molar-refractivity contribution is 7.99. The first-order chi connectivity index (χ1) is 8.89. The molecule has 0 aliphatic carbocycles. The van der Waals surface area contributed by atoms with Crippen molar-refractivity contribution >= 4 is 29.3 Å². The summed E-state index contributed by atoms with van der Waals surface area (Å²) in [4.78, 5) is 12.6. The average molecular weight is 309 g/mol. The van der Waals surface area contributed by atoms with Crippen LogP contribution in [0.1, 0.15) is 17.3 Å². The zero-order valence-corrected chi connectivity index (χ0v) is 12.0. The fourth-order valence-electron chi connectivity index (χ4n) is 1.34. The van der Waals surface area contributed by atoms with Gasteiger partial charge in [-0.25, -0.2) is 8.78 Å². The third-order valence-electron chi connectivity index (χ3n) is 2.29. The second kappa shape index (κ2) is 7.07. The predicted octanol–water partition coefficient (Wildman–Crippen LogP) is 2.78. The molecule has 106 valence electrons. The van der Waals surface area contributed by atoms with Crippen molar-refractivity contribution in [1.82, 2.24) is 5.32 Å². The van der Waals surface area contributed by atoms with Gasteiger partial charge < -0.3 is 11.1 Å². The number of nitrogens with two attached hydrogens (primary N) is 1. The third kappa shape index (κ3) is 4.97. The first-order valence-electron chi connectivity index (χ1n) is 5.68. The van der Waals surface area contributed by atoms with Crippen LogP contribution in [-0.4, -0.2) is 30.7 Å². The summed E-state index contributed by atoms with van der Waals surface area (Å²) in [5, 5.41) is 2.56. The minimum absolute atomic E-state index is 0.298. The molecule has 3 nitrogen and oxygen atoms in total. The van der Waals surface area contributed by atoms with E-state index >= 15 is 0 Å². The van der Waals surface area contributed by atoms with E-state index in [-0.39, 0.29) is 0 Å². The second-order valence-corrected chi connectivity index (χ2v) is 5.56. The molecule has 19 heavy (non-hydrogen) atoms. The maximum atomic E-state index is 13.0. The minimum Gasteiger partial charge on any atom is -0.346 e. The van der Waals surface area contributed by atoms with Gasteiger partial charge in [0.25, 0.3) is 11.8 Å². The van der Waals surface area contributed by atoms with Gasteiger partial charge in [-0.1, -0.05) is 18.5 Å². The Labute approximate surface area is 119 Å². The fourth-order valence-corrected chi connectivity index (χ4v) is 2.29. The van der Waals surface area contributed by atoms with Gasteiger partial charge in [0, 0.05) is 9.92 Å². The monoisotopic (exact) mass is 308 g/mol. The lowest BCUT2D eigenvalue weighted by Gasteiger charge is -2.15. The summed E-state index contributed by atoms with van der Waals surface area (Å²) in [6.45, 7) is 0.341. The van der Waals surface area contributed by atoms with Crippen LogP contribution in [0.25, 0.3) is 0 Å². The highest BCUT2D eigenvalue weighted by atomic mass is 35.5. The molecule has 0 spiro atoms. The minimum atomic E-state index is -3.10. The molecule has 7 heteroatoms. The molecule has 0 aromatic heterocycles. The zero-order valence-electron chi connectivity index (χ0n) is 10.4. The maximum Gasteiger partial charge on any atom is 0.277 e. The van der Waals surface area contributed by atoms with Crippen LogP contribution in [0.4, 0.5) is 8.78 Å². The van der Waals surface area contributed by atoms with Gasteiger partial charge in [0.2, 0.25) is 0 Å². The predicted molar refractivity (Wildman–Crippen MR) is 74.2 cm³/mol. The Morgan fingerprint density at radius 3 is 2.79 bits per heavy atom. The Balaban J connectivity index is 2.83. The Bertz CT molecular complexity index is 457. The van der Waals surface area contributed by atoms with Gasteiger partial charge in [0.05, 0.1) is 18.7 Å². The number of benzene rings is 1. The van der Waals surface area contributed by atoms with Crippen molar-refractivity contribution in [2.24, 2.45) is 5.73 Å². The molecule has 1 rings (SSSR count). The lowest BCUT2D eigenvalue weighted by molar-refractivity contribution is 0.0118. The van der Waals surface area contributed by atoms with Gasteiger partial charge in [-0.3, -0.25) is 4.79 Å². The molecule has 0 bridgehead atoms. The van der Waals surface area contributed by atoms with Crippen molar-refractivity contribution in [3.05, 3.63) is 28.8 Å². The average Bonchev–Trinajstić information content (AvgIpc) is 2.38. The third-order valence-corrected chi connectivity index (χ3v) is 3.48. The molecule has 0 aliphatic rings. The van der Waals surface area contributed by atoms with E-state index in [1.165, 1.54) is 17.8 Å². The van der Waals surface area contributed by atoms with Gasteiger partial charge in [0.15, 0.2) is 0 Å². The molecule has 0 atom stereocenters. The SMILES string of the molecule is CCSc1ccc(Cl)cc1C(=O)NCC(F)(F)CN.